The SMILES string of the molecule is CN1CCCC1CNCc1ccc(Br)cc1Cl. The molecular formula is C13H18BrClN2. The molecule has 1 aliphatic rings. The predicted octanol–water partition coefficient (Wildman–Crippen LogP) is 3.29. The zero-order valence-electron chi connectivity index (χ0n) is 10.0. The third-order valence-electron chi connectivity index (χ3n) is 3.38. The predicted molar refractivity (Wildman–Crippen MR) is 76.5 cm³/mol. The van der Waals surface area contributed by atoms with Crippen LogP contribution >= 0.6 is 27.5 Å². The molecule has 0 amide bonds. The zero-order valence-corrected chi connectivity index (χ0v) is 12.4. The van der Waals surface area contributed by atoms with Crippen molar-refractivity contribution in [2.75, 3.05) is 20.1 Å². The largest absolute Gasteiger partial charge is 0.311 e. The van der Waals surface area contributed by atoms with Crippen molar-refractivity contribution in [1.82, 2.24) is 10.2 Å². The third-order valence-corrected chi connectivity index (χ3v) is 4.23. The monoisotopic (exact) mass is 316 g/mol. The standard InChI is InChI=1S/C13H18BrClN2/c1-17-6-2-3-12(17)9-16-8-10-4-5-11(14)7-13(10)15/h4-5,7,12,16H,2-3,6,8-9H2,1H3. The highest BCUT2D eigenvalue weighted by Crippen LogP contribution is 2.21. The van der Waals surface area contributed by atoms with E-state index in [4.69, 9.17) is 11.6 Å². The molecule has 4 heteroatoms. The first kappa shape index (κ1) is 13.3. The Morgan fingerprint density at radius 3 is 3.00 bits per heavy atom. The fourth-order valence-corrected chi connectivity index (χ4v) is 3.02. The highest BCUT2D eigenvalue weighted by Gasteiger charge is 2.19. The van der Waals surface area contributed by atoms with Gasteiger partial charge in [-0.1, -0.05) is 33.6 Å². The number of nitrogens with one attached hydrogen (secondary N) is 1. The lowest BCUT2D eigenvalue weighted by atomic mass is 10.2. The quantitative estimate of drug-likeness (QED) is 0.917. The van der Waals surface area contributed by atoms with Gasteiger partial charge >= 0.3 is 0 Å². The maximum absolute atomic E-state index is 6.17. The lowest BCUT2D eigenvalue weighted by Gasteiger charge is -2.19. The van der Waals surface area contributed by atoms with Crippen molar-refractivity contribution < 1.29 is 0 Å². The second-order valence-corrected chi connectivity index (χ2v) is 5.97. The smallest absolute Gasteiger partial charge is 0.0462 e. The minimum absolute atomic E-state index is 0.684. The zero-order chi connectivity index (χ0) is 12.3. The molecule has 94 valence electrons. The van der Waals surface area contributed by atoms with Crippen molar-refractivity contribution in [3.8, 4) is 0 Å². The normalized spacial score (nSPS) is 21.0. The second kappa shape index (κ2) is 6.19. The third kappa shape index (κ3) is 3.68. The highest BCUT2D eigenvalue weighted by molar-refractivity contribution is 9.10. The summed E-state index contributed by atoms with van der Waals surface area (Å²) in [6, 6.07) is 6.73. The number of halogens is 2. The molecule has 1 aromatic carbocycles. The van der Waals surface area contributed by atoms with E-state index in [-0.39, 0.29) is 0 Å². The molecule has 1 aliphatic heterocycles. The molecule has 0 spiro atoms. The molecule has 1 unspecified atom stereocenters. The van der Waals surface area contributed by atoms with E-state index in [1.54, 1.807) is 0 Å². The van der Waals surface area contributed by atoms with Gasteiger partial charge in [0.15, 0.2) is 0 Å². The van der Waals surface area contributed by atoms with Gasteiger partial charge in [0, 0.05) is 28.6 Å². The van der Waals surface area contributed by atoms with Crippen LogP contribution in [0.4, 0.5) is 0 Å². The Balaban J connectivity index is 1.81. The number of hydrogen-bond acceptors (Lipinski definition) is 2. The summed E-state index contributed by atoms with van der Waals surface area (Å²) in [5.41, 5.74) is 1.16. The van der Waals surface area contributed by atoms with Gasteiger partial charge in [0.2, 0.25) is 0 Å². The van der Waals surface area contributed by atoms with Gasteiger partial charge in [0.1, 0.15) is 0 Å². The topological polar surface area (TPSA) is 15.3 Å². The molecule has 0 aliphatic carbocycles. The first-order chi connectivity index (χ1) is 8.16. The number of likely N-dealkylation sites (N-methyl/N-ethyl adjacent to an activating group) is 1. The Kier molecular flexibility index (Phi) is 4.86. The van der Waals surface area contributed by atoms with E-state index >= 15 is 0 Å². The molecule has 2 nitrogen and oxygen atoms in total. The molecule has 0 bridgehead atoms. The molecular weight excluding hydrogens is 300 g/mol. The molecule has 1 saturated heterocycles. The van der Waals surface area contributed by atoms with Crippen LogP contribution in [-0.4, -0.2) is 31.1 Å². The number of hydrogen-bond donors (Lipinski definition) is 1. The summed E-state index contributed by atoms with van der Waals surface area (Å²) in [5.74, 6) is 0. The van der Waals surface area contributed by atoms with Crippen LogP contribution in [0.15, 0.2) is 22.7 Å². The molecule has 2 rings (SSSR count). The van der Waals surface area contributed by atoms with Crippen LogP contribution in [0.2, 0.25) is 5.02 Å². The lowest BCUT2D eigenvalue weighted by molar-refractivity contribution is 0.300. The molecule has 1 fully saturated rings. The van der Waals surface area contributed by atoms with Crippen molar-refractivity contribution in [2.45, 2.75) is 25.4 Å². The Morgan fingerprint density at radius 2 is 2.35 bits per heavy atom. The van der Waals surface area contributed by atoms with Crippen molar-refractivity contribution in [3.05, 3.63) is 33.3 Å². The number of nitrogens with zero attached hydrogens (tertiary/aromatic N) is 1. The van der Waals surface area contributed by atoms with Gasteiger partial charge in [0.05, 0.1) is 0 Å². The first-order valence-electron chi connectivity index (χ1n) is 6.01. The summed E-state index contributed by atoms with van der Waals surface area (Å²) < 4.78 is 1.03. The van der Waals surface area contributed by atoms with E-state index in [1.165, 1.54) is 19.4 Å². The summed E-state index contributed by atoms with van der Waals surface area (Å²) in [6.45, 7) is 3.12. The van der Waals surface area contributed by atoms with E-state index < -0.39 is 0 Å². The molecule has 1 atom stereocenters. The van der Waals surface area contributed by atoms with Gasteiger partial charge in [0.25, 0.3) is 0 Å². The molecule has 0 saturated carbocycles. The van der Waals surface area contributed by atoms with Crippen LogP contribution in [-0.2, 0) is 6.54 Å². The maximum Gasteiger partial charge on any atom is 0.0462 e. The van der Waals surface area contributed by atoms with Gasteiger partial charge in [-0.15, -0.1) is 0 Å². The molecule has 0 radical (unpaired) electrons. The molecule has 1 heterocycles. The summed E-state index contributed by atoms with van der Waals surface area (Å²) in [6.07, 6.45) is 2.62. The summed E-state index contributed by atoms with van der Waals surface area (Å²) in [5, 5.41) is 4.32. The van der Waals surface area contributed by atoms with E-state index in [0.29, 0.717) is 6.04 Å². The maximum atomic E-state index is 6.17. The van der Waals surface area contributed by atoms with Crippen LogP contribution < -0.4 is 5.32 Å². The Hall–Kier alpha value is -0.0900. The summed E-state index contributed by atoms with van der Waals surface area (Å²) >= 11 is 9.59. The average molecular weight is 318 g/mol. The number of likely N-dealkylation sites (tertiary alicyclic amines) is 1. The van der Waals surface area contributed by atoms with Crippen molar-refractivity contribution >= 4 is 27.5 Å². The first-order valence-corrected chi connectivity index (χ1v) is 7.19. The minimum atomic E-state index is 0.684. The molecule has 17 heavy (non-hydrogen) atoms. The van der Waals surface area contributed by atoms with Crippen molar-refractivity contribution in [2.24, 2.45) is 0 Å². The van der Waals surface area contributed by atoms with Crippen LogP contribution in [0.3, 0.4) is 0 Å². The molecule has 1 N–H and O–H groups in total. The Labute approximate surface area is 116 Å². The van der Waals surface area contributed by atoms with Gasteiger partial charge in [-0.2, -0.15) is 0 Å². The summed E-state index contributed by atoms with van der Waals surface area (Å²) in [7, 11) is 2.20. The van der Waals surface area contributed by atoms with E-state index in [9.17, 15) is 0 Å². The van der Waals surface area contributed by atoms with Gasteiger partial charge in [-0.25, -0.2) is 0 Å². The van der Waals surface area contributed by atoms with Crippen LogP contribution in [0.25, 0.3) is 0 Å². The fraction of sp³-hybridized carbons (Fsp3) is 0.538. The van der Waals surface area contributed by atoms with Crippen LogP contribution in [0.5, 0.6) is 0 Å². The van der Waals surface area contributed by atoms with E-state index in [2.05, 4.69) is 39.3 Å². The van der Waals surface area contributed by atoms with E-state index in [0.717, 1.165) is 28.1 Å². The number of rotatable bonds is 4. The number of benzene rings is 1. The summed E-state index contributed by atoms with van der Waals surface area (Å²) in [4.78, 5) is 2.43. The van der Waals surface area contributed by atoms with Gasteiger partial charge in [-0.3, -0.25) is 0 Å². The molecule has 1 aromatic rings. The Bertz CT molecular complexity index is 384. The van der Waals surface area contributed by atoms with Gasteiger partial charge < -0.3 is 10.2 Å². The fourth-order valence-electron chi connectivity index (χ4n) is 2.28. The van der Waals surface area contributed by atoms with Crippen molar-refractivity contribution in [1.29, 1.82) is 0 Å². The van der Waals surface area contributed by atoms with Crippen LogP contribution in [0.1, 0.15) is 18.4 Å². The van der Waals surface area contributed by atoms with Gasteiger partial charge in [-0.05, 0) is 44.1 Å². The average Bonchev–Trinajstić information content (AvgIpc) is 2.68. The Morgan fingerprint density at radius 1 is 1.53 bits per heavy atom. The molecule has 0 aromatic heterocycles. The van der Waals surface area contributed by atoms with Crippen LogP contribution in [0, 0.1) is 0 Å². The second-order valence-electron chi connectivity index (χ2n) is 4.64. The lowest BCUT2D eigenvalue weighted by Crippen LogP contribution is -2.35. The minimum Gasteiger partial charge on any atom is -0.311 e. The van der Waals surface area contributed by atoms with E-state index in [1.807, 2.05) is 12.1 Å². The van der Waals surface area contributed by atoms with Crippen molar-refractivity contribution in [3.63, 3.8) is 0 Å². The highest BCUT2D eigenvalue weighted by atomic mass is 79.9.